The highest BCUT2D eigenvalue weighted by Crippen LogP contribution is 2.73. The summed E-state index contributed by atoms with van der Waals surface area (Å²) in [6.07, 6.45) is 8.26. The lowest BCUT2D eigenvalue weighted by Gasteiger charge is -2.67. The summed E-state index contributed by atoms with van der Waals surface area (Å²) >= 11 is 0. The number of rotatable bonds is 21. The zero-order chi connectivity index (χ0) is 47.4. The van der Waals surface area contributed by atoms with Crippen molar-refractivity contribution >= 4 is 29.8 Å². The van der Waals surface area contributed by atoms with Crippen LogP contribution in [0.2, 0.25) is 0 Å². The molecule has 3 saturated heterocycles. The van der Waals surface area contributed by atoms with Gasteiger partial charge in [-0.2, -0.15) is 0 Å². The first-order chi connectivity index (χ1) is 31.6. The molecule has 372 valence electrons. The summed E-state index contributed by atoms with van der Waals surface area (Å²) in [6.45, 7) is 4.89. The fourth-order valence-electron chi connectivity index (χ4n) is 13.1. The van der Waals surface area contributed by atoms with Gasteiger partial charge >= 0.3 is 24.1 Å². The summed E-state index contributed by atoms with van der Waals surface area (Å²) in [7, 11) is 1.05. The van der Waals surface area contributed by atoms with Crippen molar-refractivity contribution in [2.75, 3.05) is 26.9 Å². The van der Waals surface area contributed by atoms with Crippen LogP contribution in [-0.4, -0.2) is 131 Å². The van der Waals surface area contributed by atoms with Crippen LogP contribution < -0.4 is 0 Å². The van der Waals surface area contributed by atoms with Crippen LogP contribution in [0, 0.1) is 28.6 Å². The molecule has 0 aromatic heterocycles. The van der Waals surface area contributed by atoms with Crippen LogP contribution >= 0.6 is 0 Å². The molecule has 0 aromatic carbocycles. The predicted molar refractivity (Wildman–Crippen MR) is 232 cm³/mol. The molecule has 1 spiro atoms. The Morgan fingerprint density at radius 2 is 1.50 bits per heavy atom. The number of ether oxygens (including phenoxy) is 8. The molecule has 0 aromatic rings. The van der Waals surface area contributed by atoms with Gasteiger partial charge in [-0.25, -0.2) is 14.4 Å². The normalized spacial score (nSPS) is 37.7. The van der Waals surface area contributed by atoms with Crippen LogP contribution in [0.15, 0.2) is 11.3 Å². The summed E-state index contributed by atoms with van der Waals surface area (Å²) in [6, 6.07) is 0. The van der Waals surface area contributed by atoms with Crippen molar-refractivity contribution in [3.05, 3.63) is 11.3 Å². The zero-order valence-corrected chi connectivity index (χ0v) is 39.3. The van der Waals surface area contributed by atoms with Gasteiger partial charge in [0.05, 0.1) is 44.4 Å². The standard InChI is InChI=1S/C49H74O17/c1-5-6-7-8-9-10-11-12-13-14-15-16-18-21-34-60-26-30(63-34)27-61-45(57)66-37-29(2)31-24-32-48-28-62-49(44(56)59-4,42(54)36(52)39(48)46(31,3)41(53)35(37)51)40(48)38(43(55)64-32)65-33(50)25-47(58)22-19-17-20-23-47/h30-32,34,36,38-42,52-54,58H,5-28H2,1-4H3/t30?,31-,32+,34?,36+,38?,39+,40+,41+,42-,46-,48+,49?/m0/s1. The maximum absolute atomic E-state index is 14.2. The van der Waals surface area contributed by atoms with E-state index < -0.39 is 131 Å². The minimum atomic E-state index is -2.43. The van der Waals surface area contributed by atoms with Crippen LogP contribution in [0.5, 0.6) is 0 Å². The molecule has 3 heterocycles. The van der Waals surface area contributed by atoms with E-state index in [1.54, 1.807) is 6.92 Å². The molecule has 66 heavy (non-hydrogen) atoms. The Hall–Kier alpha value is -3.19. The second-order valence-electron chi connectivity index (χ2n) is 20.5. The fraction of sp³-hybridized carbons (Fsp3) is 0.857. The number of esters is 3. The van der Waals surface area contributed by atoms with E-state index >= 15 is 0 Å². The largest absolute Gasteiger partial charge is 0.514 e. The second-order valence-corrected chi connectivity index (χ2v) is 20.5. The summed E-state index contributed by atoms with van der Waals surface area (Å²) in [5.41, 5.74) is -6.87. The Morgan fingerprint density at radius 3 is 2.14 bits per heavy atom. The number of carbonyl (C=O) groups excluding carboxylic acids is 5. The first-order valence-corrected chi connectivity index (χ1v) is 24.8. The number of hydrogen-bond acceptors (Lipinski definition) is 17. The van der Waals surface area contributed by atoms with Crippen molar-refractivity contribution in [1.82, 2.24) is 0 Å². The number of allylic oxidation sites excluding steroid dienone is 1. The number of fused-ring (bicyclic) bond motifs is 2. The maximum atomic E-state index is 14.2. The molecule has 3 saturated carbocycles. The van der Waals surface area contributed by atoms with Gasteiger partial charge in [0.2, 0.25) is 17.5 Å². The molecule has 4 aliphatic carbocycles. The van der Waals surface area contributed by atoms with Crippen LogP contribution in [0.1, 0.15) is 156 Å². The van der Waals surface area contributed by atoms with Crippen molar-refractivity contribution < 1.29 is 82.3 Å². The summed E-state index contributed by atoms with van der Waals surface area (Å²) < 4.78 is 45.8. The van der Waals surface area contributed by atoms with E-state index in [1.807, 2.05) is 0 Å². The quantitative estimate of drug-likeness (QED) is 0.0638. The van der Waals surface area contributed by atoms with Gasteiger partial charge in [0.1, 0.15) is 31.0 Å². The van der Waals surface area contributed by atoms with Crippen LogP contribution in [0.3, 0.4) is 0 Å². The van der Waals surface area contributed by atoms with Gasteiger partial charge in [0.15, 0.2) is 12.0 Å². The van der Waals surface area contributed by atoms with Gasteiger partial charge < -0.3 is 58.3 Å². The second kappa shape index (κ2) is 21.2. The Labute approximate surface area is 387 Å². The van der Waals surface area contributed by atoms with E-state index in [2.05, 4.69) is 6.92 Å². The van der Waals surface area contributed by atoms with E-state index in [0.717, 1.165) is 32.8 Å². The third-order valence-electron chi connectivity index (χ3n) is 16.4. The van der Waals surface area contributed by atoms with Crippen LogP contribution in [-0.2, 0) is 57.1 Å². The molecule has 4 N–H and O–H groups in total. The molecule has 13 atom stereocenters. The van der Waals surface area contributed by atoms with E-state index in [1.165, 1.54) is 71.1 Å². The Morgan fingerprint density at radius 1 is 0.864 bits per heavy atom. The molecule has 7 rings (SSSR count). The molecule has 17 nitrogen and oxygen atoms in total. The van der Waals surface area contributed by atoms with Gasteiger partial charge in [0, 0.05) is 16.7 Å². The van der Waals surface area contributed by atoms with Crippen molar-refractivity contribution in [3.63, 3.8) is 0 Å². The average molecular weight is 935 g/mol. The third-order valence-corrected chi connectivity index (χ3v) is 16.4. The summed E-state index contributed by atoms with van der Waals surface area (Å²) in [5, 5.41) is 47.4. The average Bonchev–Trinajstić information content (AvgIpc) is 3.88. The number of aliphatic hydroxyl groups is 4. The zero-order valence-electron chi connectivity index (χ0n) is 39.3. The van der Waals surface area contributed by atoms with Gasteiger partial charge in [0.25, 0.3) is 0 Å². The highest BCUT2D eigenvalue weighted by atomic mass is 16.8. The topological polar surface area (TPSA) is 240 Å². The van der Waals surface area contributed by atoms with Crippen LogP contribution in [0.4, 0.5) is 4.79 Å². The third kappa shape index (κ3) is 9.44. The molecule has 6 fully saturated rings. The number of carbonyl (C=O) groups is 5. The number of methoxy groups -OCH3 is 1. The monoisotopic (exact) mass is 934 g/mol. The van der Waals surface area contributed by atoms with Crippen LogP contribution in [0.25, 0.3) is 0 Å². The SMILES string of the molecule is CCCCCCCCCCCCCCCC1OCC(COC(=O)OC2=C(C)[C@@H]3C[C@H]4OC(=O)C(OC(=O)CC5(O)CCCCC5)[C@H]5C6(C(=O)OC)OC[C@]45[C@H]([C@@H](O)[C@@H]6O)[C@@]3(C)[C@H](O)C2=O)O1. The van der Waals surface area contributed by atoms with Gasteiger partial charge in [-0.3, -0.25) is 9.59 Å². The number of ketones is 1. The molecule has 17 heteroatoms. The number of hydrogen-bond donors (Lipinski definition) is 4. The van der Waals surface area contributed by atoms with E-state index in [0.29, 0.717) is 32.1 Å². The molecule has 4 unspecified atom stereocenters. The molecule has 0 amide bonds. The fourth-order valence-corrected chi connectivity index (χ4v) is 13.1. The molecule has 0 radical (unpaired) electrons. The molecule has 7 aliphatic rings. The first kappa shape index (κ1) is 50.7. The smallest absolute Gasteiger partial charge is 0.467 e. The number of unbranched alkanes of at least 4 members (excludes halogenated alkanes) is 12. The molecule has 3 aliphatic heterocycles. The summed E-state index contributed by atoms with van der Waals surface area (Å²) in [5.74, 6) is -8.34. The Bertz CT molecular complexity index is 1790. The lowest BCUT2D eigenvalue weighted by molar-refractivity contribution is -0.299. The Balaban J connectivity index is 0.979. The molecular formula is C49H74O17. The Kier molecular flexibility index (Phi) is 16.3. The lowest BCUT2D eigenvalue weighted by Crippen LogP contribution is -2.80. The highest BCUT2D eigenvalue weighted by molar-refractivity contribution is 6.01. The lowest BCUT2D eigenvalue weighted by atomic mass is 9.37. The van der Waals surface area contributed by atoms with Crippen molar-refractivity contribution in [3.8, 4) is 0 Å². The minimum absolute atomic E-state index is 0.106. The van der Waals surface area contributed by atoms with Crippen molar-refractivity contribution in [2.24, 2.45) is 28.6 Å². The van der Waals surface area contributed by atoms with Crippen molar-refractivity contribution in [1.29, 1.82) is 0 Å². The van der Waals surface area contributed by atoms with E-state index in [4.69, 9.17) is 37.9 Å². The molecular weight excluding hydrogens is 861 g/mol. The van der Waals surface area contributed by atoms with E-state index in [9.17, 15) is 44.4 Å². The highest BCUT2D eigenvalue weighted by Gasteiger charge is 2.86. The molecule has 2 bridgehead atoms. The minimum Gasteiger partial charge on any atom is -0.467 e. The first-order valence-electron chi connectivity index (χ1n) is 24.8. The van der Waals surface area contributed by atoms with Gasteiger partial charge in [-0.05, 0) is 50.5 Å². The summed E-state index contributed by atoms with van der Waals surface area (Å²) in [4.78, 5) is 68.8. The number of aliphatic hydroxyl groups excluding tert-OH is 3. The van der Waals surface area contributed by atoms with Gasteiger partial charge in [-0.15, -0.1) is 0 Å². The number of Topliss-reactive ketones (excluding diaryl/α,β-unsaturated/α-hetero) is 1. The van der Waals surface area contributed by atoms with Crippen molar-refractivity contribution in [2.45, 2.75) is 210 Å². The van der Waals surface area contributed by atoms with Gasteiger partial charge in [-0.1, -0.05) is 110 Å². The van der Waals surface area contributed by atoms with E-state index in [-0.39, 0.29) is 25.2 Å². The predicted octanol–water partition coefficient (Wildman–Crippen LogP) is 5.42. The maximum Gasteiger partial charge on any atom is 0.514 e.